The molecule has 2 aliphatic heterocycles. The SMILES string of the molecule is C=N[C@@]1(C(=O)O)N2C(=O)C[C@H]2SC1(C)C.CCCCCCCCCCCCCCCCCC(=O)O.[AlH3]. The number of hydrogen-bond acceptors (Lipinski definition) is 5. The molecule has 0 aromatic carbocycles. The maximum Gasteiger partial charge on any atom is 0.354 e. The third-order valence-corrected chi connectivity index (χ3v) is 8.57. The Kier molecular flexibility index (Phi) is 17.7. The lowest BCUT2D eigenvalue weighted by Gasteiger charge is -2.43. The van der Waals surface area contributed by atoms with Crippen LogP contribution in [0.3, 0.4) is 0 Å². The quantitative estimate of drug-likeness (QED) is 0.0996. The first kappa shape index (κ1) is 35.0. The highest BCUT2D eigenvalue weighted by Crippen LogP contribution is 2.57. The third-order valence-electron chi connectivity index (χ3n) is 7.05. The van der Waals surface area contributed by atoms with E-state index >= 15 is 0 Å². The molecule has 2 saturated heterocycles. The molecule has 0 aliphatic carbocycles. The number of β-lactam (4-membered cyclic amide) rings is 1. The monoisotopic (exact) mass is 542 g/mol. The summed E-state index contributed by atoms with van der Waals surface area (Å²) in [4.78, 5) is 38.2. The van der Waals surface area contributed by atoms with E-state index in [2.05, 4.69) is 18.6 Å². The van der Waals surface area contributed by atoms with E-state index in [4.69, 9.17) is 5.11 Å². The molecule has 36 heavy (non-hydrogen) atoms. The van der Waals surface area contributed by atoms with Gasteiger partial charge >= 0.3 is 11.9 Å². The fraction of sp³-hybridized carbons (Fsp3) is 0.852. The first-order valence-electron chi connectivity index (χ1n) is 13.6. The van der Waals surface area contributed by atoms with Crippen molar-refractivity contribution in [2.45, 2.75) is 146 Å². The highest BCUT2D eigenvalue weighted by Gasteiger charge is 2.69. The van der Waals surface area contributed by atoms with Crippen molar-refractivity contribution in [3.63, 3.8) is 0 Å². The second-order valence-corrected chi connectivity index (χ2v) is 12.1. The zero-order valence-electron chi connectivity index (χ0n) is 22.2. The van der Waals surface area contributed by atoms with Crippen LogP contribution in [0, 0.1) is 0 Å². The number of thioether (sulfide) groups is 1. The molecule has 2 N–H and O–H groups in total. The van der Waals surface area contributed by atoms with Crippen molar-refractivity contribution < 1.29 is 24.6 Å². The number of aliphatic carboxylic acids is 2. The largest absolute Gasteiger partial charge is 0.481 e. The number of rotatable bonds is 18. The number of carboxylic acid groups (broad SMARTS) is 2. The van der Waals surface area contributed by atoms with Gasteiger partial charge in [0.05, 0.1) is 16.5 Å². The van der Waals surface area contributed by atoms with Crippen LogP contribution in [-0.4, -0.2) is 72.8 Å². The Bertz CT molecular complexity index is 691. The maximum absolute atomic E-state index is 11.4. The van der Waals surface area contributed by atoms with Gasteiger partial charge in [-0.2, -0.15) is 0 Å². The molecule has 0 aromatic rings. The van der Waals surface area contributed by atoms with Crippen molar-refractivity contribution in [3.05, 3.63) is 0 Å². The summed E-state index contributed by atoms with van der Waals surface area (Å²) < 4.78 is -0.641. The van der Waals surface area contributed by atoms with E-state index in [0.29, 0.717) is 12.8 Å². The number of aliphatic imine (C=N–C) groups is 1. The van der Waals surface area contributed by atoms with Gasteiger partial charge in [0, 0.05) is 6.42 Å². The molecule has 1 amide bonds. The standard InChI is InChI=1S/C18H36O2.C9H12N2O3S.Al.3H/c1-2-3-4-5-6-7-8-9-10-11-12-13-14-15-16-17-18(19)20;1-8(2)9(10-3,7(13)14)11-5(12)4-6(11)15-8;;;;/h2-17H2,1H3,(H,19,20);6H,3-4H2,1-2H3,(H,13,14);;;;/t;6-,9+;;;;/m.1..../s1. The predicted molar refractivity (Wildman–Crippen MR) is 154 cm³/mol. The van der Waals surface area contributed by atoms with Crippen molar-refractivity contribution in [2.24, 2.45) is 4.99 Å². The van der Waals surface area contributed by atoms with Crippen LogP contribution < -0.4 is 0 Å². The summed E-state index contributed by atoms with van der Waals surface area (Å²) in [5, 5.41) is 17.8. The van der Waals surface area contributed by atoms with Crippen LogP contribution in [0.25, 0.3) is 0 Å². The molecule has 0 unspecified atom stereocenters. The van der Waals surface area contributed by atoms with Crippen molar-refractivity contribution in [1.82, 2.24) is 4.90 Å². The van der Waals surface area contributed by atoms with Crippen molar-refractivity contribution in [3.8, 4) is 0 Å². The minimum atomic E-state index is -1.50. The molecule has 2 atom stereocenters. The summed E-state index contributed by atoms with van der Waals surface area (Å²) in [5.74, 6) is -1.92. The van der Waals surface area contributed by atoms with Crippen LogP contribution in [0.1, 0.15) is 130 Å². The molecule has 0 spiro atoms. The average Bonchev–Trinajstić information content (AvgIpc) is 2.98. The van der Waals surface area contributed by atoms with Gasteiger partial charge < -0.3 is 10.2 Å². The highest BCUT2D eigenvalue weighted by molar-refractivity contribution is 8.01. The lowest BCUT2D eigenvalue weighted by atomic mass is 9.91. The molecule has 2 aliphatic rings. The fourth-order valence-electron chi connectivity index (χ4n) is 4.93. The molecule has 9 heteroatoms. The second-order valence-electron chi connectivity index (χ2n) is 10.3. The zero-order valence-corrected chi connectivity index (χ0v) is 23.0. The molecule has 7 nitrogen and oxygen atoms in total. The zero-order chi connectivity index (χ0) is 26.3. The number of carbonyl (C=O) groups excluding carboxylic acids is 1. The highest BCUT2D eigenvalue weighted by atomic mass is 32.2. The Hall–Kier alpha value is -1.04. The van der Waals surface area contributed by atoms with Gasteiger partial charge in [-0.25, -0.2) is 4.79 Å². The van der Waals surface area contributed by atoms with Gasteiger partial charge in [-0.05, 0) is 27.0 Å². The lowest BCUT2D eigenvalue weighted by molar-refractivity contribution is -0.167. The van der Waals surface area contributed by atoms with E-state index in [9.17, 15) is 19.5 Å². The number of unbranched alkanes of at least 4 members (excludes halogenated alkanes) is 14. The fourth-order valence-corrected chi connectivity index (χ4v) is 6.62. The Morgan fingerprint density at radius 1 is 0.917 bits per heavy atom. The molecule has 2 heterocycles. The molecule has 208 valence electrons. The Labute approximate surface area is 233 Å². The number of carboxylic acids is 2. The molecule has 0 aromatic heterocycles. The van der Waals surface area contributed by atoms with E-state index in [0.717, 1.165) is 12.8 Å². The number of hydrogen-bond donors (Lipinski definition) is 2. The molecular weight excluding hydrogens is 491 g/mol. The summed E-state index contributed by atoms with van der Waals surface area (Å²) in [6, 6.07) is 0. The van der Waals surface area contributed by atoms with Crippen LogP contribution in [0.5, 0.6) is 0 Å². The summed E-state index contributed by atoms with van der Waals surface area (Å²) in [6.07, 6.45) is 20.6. The summed E-state index contributed by atoms with van der Waals surface area (Å²) in [5.41, 5.74) is -1.50. The number of fused-ring (bicyclic) bond motifs is 1. The minimum Gasteiger partial charge on any atom is -0.481 e. The van der Waals surface area contributed by atoms with E-state index in [-0.39, 0.29) is 28.6 Å². The minimum absolute atomic E-state index is 0. The first-order chi connectivity index (χ1) is 16.6. The third kappa shape index (κ3) is 10.4. The number of carbonyl (C=O) groups is 3. The molecular formula is C27H51AlN2O5S. The molecule has 2 rings (SSSR count). The van der Waals surface area contributed by atoms with Crippen LogP contribution in [-0.2, 0) is 14.4 Å². The van der Waals surface area contributed by atoms with E-state index in [1.54, 1.807) is 13.8 Å². The van der Waals surface area contributed by atoms with Gasteiger partial charge in [-0.3, -0.25) is 19.5 Å². The van der Waals surface area contributed by atoms with Crippen LogP contribution in [0.2, 0.25) is 0 Å². The van der Waals surface area contributed by atoms with Crippen LogP contribution in [0.4, 0.5) is 0 Å². The molecule has 2 fully saturated rings. The van der Waals surface area contributed by atoms with Gasteiger partial charge in [-0.1, -0.05) is 96.8 Å². The van der Waals surface area contributed by atoms with E-state index in [1.165, 1.54) is 100 Å². The Morgan fingerprint density at radius 2 is 1.33 bits per heavy atom. The number of nitrogens with zero attached hydrogens (tertiary/aromatic N) is 2. The number of amides is 1. The molecule has 0 radical (unpaired) electrons. The summed E-state index contributed by atoms with van der Waals surface area (Å²) in [6.45, 7) is 9.18. The average molecular weight is 543 g/mol. The lowest BCUT2D eigenvalue weighted by Crippen LogP contribution is -2.65. The van der Waals surface area contributed by atoms with Gasteiger partial charge in [0.1, 0.15) is 0 Å². The maximum atomic E-state index is 11.4. The van der Waals surface area contributed by atoms with Gasteiger partial charge in [-0.15, -0.1) is 11.8 Å². The topological polar surface area (TPSA) is 107 Å². The summed E-state index contributed by atoms with van der Waals surface area (Å²) >= 11 is 1.47. The Balaban J connectivity index is 0.000000682. The predicted octanol–water partition coefficient (Wildman–Crippen LogP) is 5.70. The van der Waals surface area contributed by atoms with Crippen molar-refractivity contribution in [1.29, 1.82) is 0 Å². The summed E-state index contributed by atoms with van der Waals surface area (Å²) in [7, 11) is 0. The van der Waals surface area contributed by atoms with Gasteiger partial charge in [0.15, 0.2) is 17.4 Å². The molecule has 0 bridgehead atoms. The van der Waals surface area contributed by atoms with Crippen LogP contribution >= 0.6 is 11.8 Å². The smallest absolute Gasteiger partial charge is 0.354 e. The van der Waals surface area contributed by atoms with Crippen molar-refractivity contribution in [2.75, 3.05) is 0 Å². The van der Waals surface area contributed by atoms with Gasteiger partial charge in [0.25, 0.3) is 0 Å². The molecule has 0 saturated carbocycles. The second kappa shape index (κ2) is 18.3. The van der Waals surface area contributed by atoms with Crippen LogP contribution in [0.15, 0.2) is 4.99 Å². The Morgan fingerprint density at radius 3 is 1.64 bits per heavy atom. The normalized spacial score (nSPS) is 21.5. The van der Waals surface area contributed by atoms with Crippen molar-refractivity contribution >= 4 is 53.7 Å². The van der Waals surface area contributed by atoms with E-state index in [1.807, 2.05) is 0 Å². The first-order valence-corrected chi connectivity index (χ1v) is 14.4. The van der Waals surface area contributed by atoms with E-state index < -0.39 is 22.3 Å². The van der Waals surface area contributed by atoms with Gasteiger partial charge in [0.2, 0.25) is 11.6 Å².